The van der Waals surface area contributed by atoms with Gasteiger partial charge in [-0.3, -0.25) is 4.79 Å². The highest BCUT2D eigenvalue weighted by Gasteiger charge is 2.09. The molecular weight excluding hydrogens is 254 g/mol. The zero-order valence-electron chi connectivity index (χ0n) is 10.0. The first-order valence-electron chi connectivity index (χ1n) is 5.58. The molecule has 0 atom stereocenters. The number of anilines is 1. The summed E-state index contributed by atoms with van der Waals surface area (Å²) in [6.45, 7) is 1.65. The Hall–Kier alpha value is -1.82. The van der Waals surface area contributed by atoms with Crippen LogP contribution in [0.1, 0.15) is 6.42 Å². The van der Waals surface area contributed by atoms with Gasteiger partial charge in [0.05, 0.1) is 18.2 Å². The van der Waals surface area contributed by atoms with Crippen LogP contribution in [-0.2, 0) is 6.54 Å². The van der Waals surface area contributed by atoms with Crippen LogP contribution in [0.5, 0.6) is 0 Å². The molecular formula is C11H14ClN5O. The monoisotopic (exact) mass is 267 g/mol. The second-order valence-corrected chi connectivity index (χ2v) is 4.35. The van der Waals surface area contributed by atoms with E-state index in [1.807, 2.05) is 22.7 Å². The molecule has 0 bridgehead atoms. The third kappa shape index (κ3) is 2.89. The first kappa shape index (κ1) is 12.6. The number of halogens is 1. The summed E-state index contributed by atoms with van der Waals surface area (Å²) in [4.78, 5) is 17.2. The van der Waals surface area contributed by atoms with Crippen LogP contribution in [0.4, 0.5) is 5.69 Å². The summed E-state index contributed by atoms with van der Waals surface area (Å²) in [5, 5.41) is 6.22. The van der Waals surface area contributed by atoms with Gasteiger partial charge < -0.3 is 9.47 Å². The summed E-state index contributed by atoms with van der Waals surface area (Å²) < 4.78 is 2.01. The highest BCUT2D eigenvalue weighted by Crippen LogP contribution is 2.18. The number of imidazole rings is 1. The Labute approximate surface area is 109 Å². The van der Waals surface area contributed by atoms with Crippen LogP contribution >= 0.6 is 11.6 Å². The van der Waals surface area contributed by atoms with Crippen LogP contribution < -0.4 is 10.5 Å². The zero-order valence-corrected chi connectivity index (χ0v) is 10.8. The van der Waals surface area contributed by atoms with Crippen molar-refractivity contribution in [3.63, 3.8) is 0 Å². The molecule has 96 valence electrons. The van der Waals surface area contributed by atoms with E-state index in [0.717, 1.165) is 19.5 Å². The number of rotatable bonds is 5. The predicted octanol–water partition coefficient (Wildman–Crippen LogP) is 1.15. The number of nitrogens with zero attached hydrogens (tertiary/aromatic N) is 4. The van der Waals surface area contributed by atoms with E-state index in [4.69, 9.17) is 11.6 Å². The number of aryl methyl sites for hydroxylation is 1. The fourth-order valence-corrected chi connectivity index (χ4v) is 1.91. The summed E-state index contributed by atoms with van der Waals surface area (Å²) in [7, 11) is 1.89. The van der Waals surface area contributed by atoms with E-state index in [9.17, 15) is 4.79 Å². The lowest BCUT2D eigenvalue weighted by Crippen LogP contribution is -2.23. The minimum Gasteiger partial charge on any atom is -0.372 e. The Bertz CT molecular complexity index is 551. The van der Waals surface area contributed by atoms with Gasteiger partial charge >= 0.3 is 0 Å². The van der Waals surface area contributed by atoms with Crippen molar-refractivity contribution in [1.29, 1.82) is 0 Å². The van der Waals surface area contributed by atoms with Crippen LogP contribution in [0.25, 0.3) is 0 Å². The molecule has 6 nitrogen and oxygen atoms in total. The smallest absolute Gasteiger partial charge is 0.285 e. The van der Waals surface area contributed by atoms with E-state index in [0.29, 0.717) is 5.69 Å². The summed E-state index contributed by atoms with van der Waals surface area (Å²) in [5.74, 6) is 0. The molecule has 1 N–H and O–H groups in total. The van der Waals surface area contributed by atoms with Gasteiger partial charge in [0, 0.05) is 32.5 Å². The van der Waals surface area contributed by atoms with Gasteiger partial charge in [-0.15, -0.1) is 0 Å². The van der Waals surface area contributed by atoms with Crippen molar-refractivity contribution >= 4 is 17.3 Å². The molecule has 0 aromatic carbocycles. The molecule has 0 aliphatic heterocycles. The molecule has 0 saturated heterocycles. The predicted molar refractivity (Wildman–Crippen MR) is 70.0 cm³/mol. The molecule has 0 fully saturated rings. The Morgan fingerprint density at radius 2 is 2.39 bits per heavy atom. The van der Waals surface area contributed by atoms with Crippen molar-refractivity contribution in [2.45, 2.75) is 13.0 Å². The van der Waals surface area contributed by atoms with E-state index in [1.54, 1.807) is 18.7 Å². The number of hydrogen-bond acceptors (Lipinski definition) is 4. The number of H-pyrrole nitrogens is 1. The second kappa shape index (κ2) is 5.68. The fraction of sp³-hybridized carbons (Fsp3) is 0.364. The standard InChI is InChI=1S/C11H14ClN5O/c1-16(4-2-5-17-6-3-13-8-17)9-7-14-15-11(18)10(9)12/h3,6-8H,2,4-5H2,1H3,(H,15,18). The summed E-state index contributed by atoms with van der Waals surface area (Å²) in [6.07, 6.45) is 7.93. The lowest BCUT2D eigenvalue weighted by atomic mass is 10.3. The van der Waals surface area contributed by atoms with E-state index < -0.39 is 0 Å². The third-order valence-corrected chi connectivity index (χ3v) is 3.02. The average Bonchev–Trinajstić information content (AvgIpc) is 2.85. The Balaban J connectivity index is 1.93. The van der Waals surface area contributed by atoms with Crippen LogP contribution in [-0.4, -0.2) is 33.3 Å². The average molecular weight is 268 g/mol. The van der Waals surface area contributed by atoms with Crippen LogP contribution in [0.15, 0.2) is 29.7 Å². The van der Waals surface area contributed by atoms with Crippen molar-refractivity contribution in [2.24, 2.45) is 0 Å². The minimum absolute atomic E-state index is 0.176. The highest BCUT2D eigenvalue weighted by molar-refractivity contribution is 6.32. The SMILES string of the molecule is CN(CCCn1ccnc1)c1cn[nH]c(=O)c1Cl. The number of hydrogen-bond donors (Lipinski definition) is 1. The first-order chi connectivity index (χ1) is 8.68. The molecule has 2 aromatic rings. The van der Waals surface area contributed by atoms with Gasteiger partial charge in [-0.25, -0.2) is 10.1 Å². The summed E-state index contributed by atoms with van der Waals surface area (Å²) in [6, 6.07) is 0. The molecule has 2 rings (SSSR count). The minimum atomic E-state index is -0.365. The lowest BCUT2D eigenvalue weighted by Gasteiger charge is -2.19. The summed E-state index contributed by atoms with van der Waals surface area (Å²) in [5.41, 5.74) is 0.279. The molecule has 0 saturated carbocycles. The van der Waals surface area contributed by atoms with E-state index in [2.05, 4.69) is 15.2 Å². The normalized spacial score (nSPS) is 10.6. The maximum absolute atomic E-state index is 11.3. The molecule has 0 radical (unpaired) electrons. The van der Waals surface area contributed by atoms with Crippen molar-refractivity contribution in [1.82, 2.24) is 19.7 Å². The number of aromatic amines is 1. The van der Waals surface area contributed by atoms with Gasteiger partial charge in [-0.1, -0.05) is 11.6 Å². The molecule has 2 aromatic heterocycles. The first-order valence-corrected chi connectivity index (χ1v) is 5.96. The maximum Gasteiger partial charge on any atom is 0.285 e. The van der Waals surface area contributed by atoms with Crippen LogP contribution in [0.3, 0.4) is 0 Å². The molecule has 0 amide bonds. The van der Waals surface area contributed by atoms with Crippen LogP contribution in [0.2, 0.25) is 5.02 Å². The Kier molecular flexibility index (Phi) is 3.99. The third-order valence-electron chi connectivity index (χ3n) is 2.66. The fourth-order valence-electron chi connectivity index (χ4n) is 1.67. The molecule has 0 spiro atoms. The Morgan fingerprint density at radius 1 is 1.56 bits per heavy atom. The summed E-state index contributed by atoms with van der Waals surface area (Å²) >= 11 is 5.93. The lowest BCUT2D eigenvalue weighted by molar-refractivity contribution is 0.637. The highest BCUT2D eigenvalue weighted by atomic mass is 35.5. The van der Waals surface area contributed by atoms with Crippen molar-refractivity contribution in [3.05, 3.63) is 40.3 Å². The number of nitrogens with one attached hydrogen (secondary N) is 1. The van der Waals surface area contributed by atoms with Gasteiger partial charge in [0.2, 0.25) is 0 Å². The van der Waals surface area contributed by atoms with E-state index in [-0.39, 0.29) is 10.6 Å². The van der Waals surface area contributed by atoms with E-state index in [1.165, 1.54) is 0 Å². The van der Waals surface area contributed by atoms with Gasteiger partial charge in [0.25, 0.3) is 5.56 Å². The molecule has 0 unspecified atom stereocenters. The number of aromatic nitrogens is 4. The largest absolute Gasteiger partial charge is 0.372 e. The van der Waals surface area contributed by atoms with Crippen molar-refractivity contribution < 1.29 is 0 Å². The molecule has 18 heavy (non-hydrogen) atoms. The Morgan fingerprint density at radius 3 is 3.11 bits per heavy atom. The molecule has 0 aliphatic carbocycles. The van der Waals surface area contributed by atoms with Gasteiger partial charge in [-0.05, 0) is 6.42 Å². The van der Waals surface area contributed by atoms with Gasteiger partial charge in [0.15, 0.2) is 0 Å². The van der Waals surface area contributed by atoms with Crippen molar-refractivity contribution in [3.8, 4) is 0 Å². The van der Waals surface area contributed by atoms with Crippen LogP contribution in [0, 0.1) is 0 Å². The maximum atomic E-state index is 11.3. The quantitative estimate of drug-likeness (QED) is 0.882. The topological polar surface area (TPSA) is 66.8 Å². The van der Waals surface area contributed by atoms with Gasteiger partial charge in [-0.2, -0.15) is 5.10 Å². The zero-order chi connectivity index (χ0) is 13.0. The molecule has 2 heterocycles. The molecule has 0 aliphatic rings. The van der Waals surface area contributed by atoms with Crippen molar-refractivity contribution in [2.75, 3.05) is 18.5 Å². The molecule has 7 heteroatoms. The second-order valence-electron chi connectivity index (χ2n) is 3.97. The van der Waals surface area contributed by atoms with Gasteiger partial charge in [0.1, 0.15) is 5.02 Å². The van der Waals surface area contributed by atoms with E-state index >= 15 is 0 Å².